The Bertz CT molecular complexity index is 833. The Morgan fingerprint density at radius 3 is 2.45 bits per heavy atom. The van der Waals surface area contributed by atoms with Gasteiger partial charge in [-0.25, -0.2) is 9.78 Å². The zero-order chi connectivity index (χ0) is 20.6. The van der Waals surface area contributed by atoms with Crippen molar-refractivity contribution in [1.29, 1.82) is 0 Å². The normalized spacial score (nSPS) is 14.3. The first-order valence-corrected chi connectivity index (χ1v) is 9.95. The first-order valence-electron chi connectivity index (χ1n) is 9.95. The maximum absolute atomic E-state index is 12.6. The summed E-state index contributed by atoms with van der Waals surface area (Å²) >= 11 is 0. The van der Waals surface area contributed by atoms with Gasteiger partial charge in [-0.05, 0) is 31.2 Å². The van der Waals surface area contributed by atoms with Crippen LogP contribution in [-0.4, -0.2) is 60.6 Å². The van der Waals surface area contributed by atoms with Gasteiger partial charge < -0.3 is 20.0 Å². The minimum atomic E-state index is -0.174. The molecule has 2 aromatic rings. The lowest BCUT2D eigenvalue weighted by molar-refractivity contribution is 0.201. The van der Waals surface area contributed by atoms with E-state index >= 15 is 0 Å². The van der Waals surface area contributed by atoms with Crippen LogP contribution in [0.15, 0.2) is 42.6 Å². The molecule has 1 aromatic heterocycles. The van der Waals surface area contributed by atoms with Crippen LogP contribution in [0.4, 0.5) is 10.6 Å². The average molecular weight is 392 g/mol. The van der Waals surface area contributed by atoms with Gasteiger partial charge in [0.2, 0.25) is 0 Å². The van der Waals surface area contributed by atoms with Crippen molar-refractivity contribution in [3.05, 3.63) is 59.3 Å². The molecular weight excluding hydrogens is 362 g/mol. The fourth-order valence-corrected chi connectivity index (χ4v) is 3.26. The Kier molecular flexibility index (Phi) is 7.09. The van der Waals surface area contributed by atoms with Crippen LogP contribution in [0.3, 0.4) is 0 Å². The highest BCUT2D eigenvalue weighted by Crippen LogP contribution is 2.14. The zero-order valence-corrected chi connectivity index (χ0v) is 17.3. The topological polar surface area (TPSA) is 51.7 Å². The molecule has 1 N–H and O–H groups in total. The number of urea groups is 1. The summed E-state index contributed by atoms with van der Waals surface area (Å²) in [5.41, 5.74) is 3.21. The first kappa shape index (κ1) is 20.7. The highest BCUT2D eigenvalue weighted by Gasteiger charge is 2.16. The second-order valence-electron chi connectivity index (χ2n) is 7.52. The van der Waals surface area contributed by atoms with Crippen LogP contribution in [0.5, 0.6) is 0 Å². The highest BCUT2D eigenvalue weighted by atomic mass is 16.2. The summed E-state index contributed by atoms with van der Waals surface area (Å²) in [6.45, 7) is 7.27. The summed E-state index contributed by atoms with van der Waals surface area (Å²) in [6, 6.07) is 12.0. The number of amides is 2. The Balaban J connectivity index is 1.53. The van der Waals surface area contributed by atoms with Crippen LogP contribution < -0.4 is 10.2 Å². The highest BCUT2D eigenvalue weighted by molar-refractivity contribution is 5.74. The van der Waals surface area contributed by atoms with Gasteiger partial charge in [-0.3, -0.25) is 0 Å². The molecule has 0 bridgehead atoms. The van der Waals surface area contributed by atoms with Gasteiger partial charge in [0.1, 0.15) is 5.82 Å². The minimum absolute atomic E-state index is 0.174. The molecule has 29 heavy (non-hydrogen) atoms. The summed E-state index contributed by atoms with van der Waals surface area (Å²) in [5.74, 6) is 3.56. The fraction of sp³-hybridized carbons (Fsp3) is 0.391. The molecule has 0 aliphatic carbocycles. The van der Waals surface area contributed by atoms with Crippen molar-refractivity contribution in [3.63, 3.8) is 0 Å². The smallest absolute Gasteiger partial charge is 0.318 e. The second kappa shape index (κ2) is 9.94. The number of terminal acetylenes is 1. The number of aromatic nitrogens is 1. The number of anilines is 1. The molecule has 0 saturated carbocycles. The number of nitrogens with one attached hydrogen (secondary N) is 1. The van der Waals surface area contributed by atoms with Crippen LogP contribution in [0.2, 0.25) is 0 Å². The Morgan fingerprint density at radius 2 is 1.83 bits per heavy atom. The predicted octanol–water partition coefficient (Wildman–Crippen LogP) is 2.49. The van der Waals surface area contributed by atoms with Crippen LogP contribution in [0.1, 0.15) is 16.7 Å². The van der Waals surface area contributed by atoms with Crippen molar-refractivity contribution >= 4 is 11.8 Å². The van der Waals surface area contributed by atoms with Gasteiger partial charge in [0, 0.05) is 45.5 Å². The van der Waals surface area contributed by atoms with E-state index in [0.717, 1.165) is 43.1 Å². The Hall–Kier alpha value is -3.04. The van der Waals surface area contributed by atoms with Crippen molar-refractivity contribution in [2.75, 3.05) is 44.7 Å². The van der Waals surface area contributed by atoms with E-state index in [1.165, 1.54) is 5.56 Å². The summed E-state index contributed by atoms with van der Waals surface area (Å²) < 4.78 is 0. The quantitative estimate of drug-likeness (QED) is 0.769. The van der Waals surface area contributed by atoms with Crippen LogP contribution in [0.25, 0.3) is 0 Å². The molecule has 1 aliphatic heterocycles. The number of carbonyl (C=O) groups excluding carboxylic acids is 1. The van der Waals surface area contributed by atoms with Crippen molar-refractivity contribution in [3.8, 4) is 12.3 Å². The molecule has 1 saturated heterocycles. The second-order valence-corrected chi connectivity index (χ2v) is 7.52. The van der Waals surface area contributed by atoms with Crippen LogP contribution >= 0.6 is 0 Å². The summed E-state index contributed by atoms with van der Waals surface area (Å²) in [6.07, 6.45) is 7.29. The molecule has 6 heteroatoms. The minimum Gasteiger partial charge on any atom is -0.354 e. The largest absolute Gasteiger partial charge is 0.354 e. The number of nitrogens with zero attached hydrogens (tertiary/aromatic N) is 4. The standard InChI is InChI=1S/C23H29N5O/c1-4-11-28(18-20-7-5-19(2)6-8-20)23(29)25-17-21-9-10-22(24-16-21)27-14-12-26(3)13-15-27/h1,5-10,16H,11-15,17-18H2,2-3H3,(H,25,29). The molecule has 1 fully saturated rings. The van der Waals surface area contributed by atoms with Crippen molar-refractivity contribution in [2.24, 2.45) is 0 Å². The molecule has 1 aliphatic rings. The lowest BCUT2D eigenvalue weighted by Crippen LogP contribution is -2.44. The third-order valence-electron chi connectivity index (χ3n) is 5.14. The molecule has 1 aromatic carbocycles. The SMILES string of the molecule is C#CCN(Cc1ccc(C)cc1)C(=O)NCc1ccc(N2CCN(C)CC2)nc1. The van der Waals surface area contributed by atoms with Gasteiger partial charge in [-0.15, -0.1) is 6.42 Å². The van der Waals surface area contributed by atoms with Gasteiger partial charge in [0.05, 0.1) is 6.54 Å². The Morgan fingerprint density at radius 1 is 1.14 bits per heavy atom. The summed E-state index contributed by atoms with van der Waals surface area (Å²) in [7, 11) is 2.14. The number of aryl methyl sites for hydroxylation is 1. The number of piperazine rings is 1. The third kappa shape index (κ3) is 5.97. The lowest BCUT2D eigenvalue weighted by Gasteiger charge is -2.33. The van der Waals surface area contributed by atoms with E-state index < -0.39 is 0 Å². The van der Waals surface area contributed by atoms with Crippen molar-refractivity contribution in [1.82, 2.24) is 20.1 Å². The van der Waals surface area contributed by atoms with Gasteiger partial charge >= 0.3 is 6.03 Å². The third-order valence-corrected chi connectivity index (χ3v) is 5.14. The van der Waals surface area contributed by atoms with Gasteiger partial charge in [-0.2, -0.15) is 0 Å². The molecule has 0 unspecified atom stereocenters. The molecule has 0 atom stereocenters. The van der Waals surface area contributed by atoms with E-state index in [4.69, 9.17) is 6.42 Å². The number of hydrogen-bond acceptors (Lipinski definition) is 4. The lowest BCUT2D eigenvalue weighted by atomic mass is 10.1. The zero-order valence-electron chi connectivity index (χ0n) is 17.3. The number of benzene rings is 1. The van der Waals surface area contributed by atoms with E-state index in [-0.39, 0.29) is 12.6 Å². The predicted molar refractivity (Wildman–Crippen MR) is 117 cm³/mol. The summed E-state index contributed by atoms with van der Waals surface area (Å²) in [5, 5.41) is 2.95. The number of rotatable bonds is 6. The van der Waals surface area contributed by atoms with Crippen LogP contribution in [0, 0.1) is 19.3 Å². The number of pyridine rings is 1. The van der Waals surface area contributed by atoms with E-state index in [9.17, 15) is 4.79 Å². The Labute approximate surface area is 173 Å². The molecule has 6 nitrogen and oxygen atoms in total. The van der Waals surface area contributed by atoms with Gasteiger partial charge in [0.25, 0.3) is 0 Å². The molecular formula is C23H29N5O. The molecule has 0 spiro atoms. The molecule has 0 radical (unpaired) electrons. The van der Waals surface area contributed by atoms with Gasteiger partial charge in [0.15, 0.2) is 0 Å². The summed E-state index contributed by atoms with van der Waals surface area (Å²) in [4.78, 5) is 23.4. The average Bonchev–Trinajstić information content (AvgIpc) is 2.74. The van der Waals surface area contributed by atoms with E-state index in [1.54, 1.807) is 4.90 Å². The fourth-order valence-electron chi connectivity index (χ4n) is 3.26. The monoisotopic (exact) mass is 391 g/mol. The number of carbonyl (C=O) groups is 1. The molecule has 2 heterocycles. The maximum Gasteiger partial charge on any atom is 0.318 e. The van der Waals surface area contributed by atoms with Crippen molar-refractivity contribution < 1.29 is 4.79 Å². The number of likely N-dealkylation sites (N-methyl/N-ethyl adjacent to an activating group) is 1. The van der Waals surface area contributed by atoms with Gasteiger partial charge in [-0.1, -0.05) is 41.8 Å². The van der Waals surface area contributed by atoms with E-state index in [1.807, 2.05) is 49.5 Å². The molecule has 3 rings (SSSR count). The van der Waals surface area contributed by atoms with Crippen molar-refractivity contribution in [2.45, 2.75) is 20.0 Å². The number of hydrogen-bond donors (Lipinski definition) is 1. The maximum atomic E-state index is 12.6. The van der Waals surface area contributed by atoms with Crippen LogP contribution in [-0.2, 0) is 13.1 Å². The van der Waals surface area contributed by atoms with E-state index in [0.29, 0.717) is 13.1 Å². The first-order chi connectivity index (χ1) is 14.0. The molecule has 2 amide bonds. The molecule has 152 valence electrons. The van der Waals surface area contributed by atoms with E-state index in [2.05, 4.69) is 33.1 Å².